The molecule has 0 unspecified atom stereocenters. The quantitative estimate of drug-likeness (QED) is 0.801. The van der Waals surface area contributed by atoms with Crippen LogP contribution < -0.4 is 0 Å². The second-order valence-corrected chi connectivity index (χ2v) is 4.04. The average molecular weight is 319 g/mol. The summed E-state index contributed by atoms with van der Waals surface area (Å²) in [6.07, 6.45) is -1.82. The number of aromatic nitrogens is 1. The van der Waals surface area contributed by atoms with Crippen LogP contribution >= 0.6 is 15.9 Å². The molecule has 0 radical (unpaired) electrons. The Morgan fingerprint density at radius 3 is 2.83 bits per heavy atom. The lowest BCUT2D eigenvalue weighted by atomic mass is 10.1. The summed E-state index contributed by atoms with van der Waals surface area (Å²) < 4.78 is 30.1. The van der Waals surface area contributed by atoms with Crippen molar-refractivity contribution in [2.45, 2.75) is 19.8 Å². The van der Waals surface area contributed by atoms with Crippen molar-refractivity contribution >= 4 is 21.9 Å². The van der Waals surface area contributed by atoms with Gasteiger partial charge in [-0.2, -0.15) is 5.26 Å². The van der Waals surface area contributed by atoms with Crippen molar-refractivity contribution in [3.05, 3.63) is 27.5 Å². The largest absolute Gasteiger partial charge is 0.466 e. The first kappa shape index (κ1) is 14.5. The third-order valence-electron chi connectivity index (χ3n) is 2.08. The van der Waals surface area contributed by atoms with Crippen LogP contribution in [0.3, 0.4) is 0 Å². The van der Waals surface area contributed by atoms with Crippen molar-refractivity contribution in [1.29, 1.82) is 5.26 Å². The SMILES string of the molecule is CCOC(=O)Cc1cnc(C(F)F)c(C#N)c1Br. The highest BCUT2D eigenvalue weighted by Crippen LogP contribution is 2.29. The van der Waals surface area contributed by atoms with Crippen molar-refractivity contribution in [3.63, 3.8) is 0 Å². The molecule has 1 heterocycles. The number of nitriles is 1. The number of carbonyl (C=O) groups excluding carboxylic acids is 1. The molecule has 4 nitrogen and oxygen atoms in total. The molecule has 0 saturated carbocycles. The molecule has 0 saturated heterocycles. The highest BCUT2D eigenvalue weighted by Gasteiger charge is 2.20. The molecular formula is C11H9BrF2N2O2. The summed E-state index contributed by atoms with van der Waals surface area (Å²) in [6, 6.07) is 1.65. The second-order valence-electron chi connectivity index (χ2n) is 3.25. The minimum Gasteiger partial charge on any atom is -0.466 e. The first-order valence-electron chi connectivity index (χ1n) is 5.02. The molecule has 0 atom stereocenters. The van der Waals surface area contributed by atoms with Gasteiger partial charge >= 0.3 is 5.97 Å². The van der Waals surface area contributed by atoms with Crippen LogP contribution in [0.2, 0.25) is 0 Å². The molecule has 7 heteroatoms. The maximum atomic E-state index is 12.6. The zero-order valence-electron chi connectivity index (χ0n) is 9.41. The molecule has 0 aliphatic rings. The Bertz CT molecular complexity index is 501. The fraction of sp³-hybridized carbons (Fsp3) is 0.364. The summed E-state index contributed by atoms with van der Waals surface area (Å²) in [7, 11) is 0. The zero-order valence-corrected chi connectivity index (χ0v) is 11.0. The summed E-state index contributed by atoms with van der Waals surface area (Å²) in [6.45, 7) is 1.88. The Hall–Kier alpha value is -1.55. The Labute approximate surface area is 111 Å². The number of halogens is 3. The number of carbonyl (C=O) groups is 1. The lowest BCUT2D eigenvalue weighted by molar-refractivity contribution is -0.142. The number of nitrogens with zero attached hydrogens (tertiary/aromatic N) is 2. The number of rotatable bonds is 4. The van der Waals surface area contributed by atoms with Gasteiger partial charge < -0.3 is 4.74 Å². The van der Waals surface area contributed by atoms with Crippen molar-refractivity contribution < 1.29 is 18.3 Å². The van der Waals surface area contributed by atoms with Crippen molar-refractivity contribution in [1.82, 2.24) is 4.98 Å². The normalized spacial score (nSPS) is 10.2. The molecule has 0 aliphatic carbocycles. The molecule has 0 fully saturated rings. The molecule has 18 heavy (non-hydrogen) atoms. The first-order chi connectivity index (χ1) is 8.51. The van der Waals surface area contributed by atoms with Gasteiger partial charge in [-0.1, -0.05) is 0 Å². The van der Waals surface area contributed by atoms with Crippen LogP contribution in [-0.4, -0.2) is 17.6 Å². The van der Waals surface area contributed by atoms with Gasteiger partial charge in [0.05, 0.1) is 18.6 Å². The van der Waals surface area contributed by atoms with Crippen LogP contribution in [0.15, 0.2) is 10.7 Å². The summed E-state index contributed by atoms with van der Waals surface area (Å²) >= 11 is 3.04. The average Bonchev–Trinajstić information content (AvgIpc) is 2.31. The van der Waals surface area contributed by atoms with Crippen molar-refractivity contribution in [3.8, 4) is 6.07 Å². The number of alkyl halides is 2. The van der Waals surface area contributed by atoms with E-state index in [9.17, 15) is 13.6 Å². The van der Waals surface area contributed by atoms with Crippen molar-refractivity contribution in [2.75, 3.05) is 6.61 Å². The highest BCUT2D eigenvalue weighted by molar-refractivity contribution is 9.10. The maximum Gasteiger partial charge on any atom is 0.310 e. The molecule has 1 rings (SSSR count). The Morgan fingerprint density at radius 1 is 1.67 bits per heavy atom. The van der Waals surface area contributed by atoms with Gasteiger partial charge in [-0.25, -0.2) is 8.78 Å². The molecule has 96 valence electrons. The van der Waals surface area contributed by atoms with E-state index in [-0.39, 0.29) is 23.1 Å². The van der Waals surface area contributed by atoms with Crippen LogP contribution in [-0.2, 0) is 16.0 Å². The number of hydrogen-bond donors (Lipinski definition) is 0. The van der Waals surface area contributed by atoms with Gasteiger partial charge in [-0.15, -0.1) is 0 Å². The first-order valence-corrected chi connectivity index (χ1v) is 5.81. The van der Waals surface area contributed by atoms with E-state index in [1.165, 1.54) is 0 Å². The fourth-order valence-electron chi connectivity index (χ4n) is 1.30. The van der Waals surface area contributed by atoms with E-state index in [4.69, 9.17) is 10.00 Å². The van der Waals surface area contributed by atoms with E-state index in [1.54, 1.807) is 13.0 Å². The van der Waals surface area contributed by atoms with Gasteiger partial charge in [0.1, 0.15) is 11.8 Å². The summed E-state index contributed by atoms with van der Waals surface area (Å²) in [5.41, 5.74) is -0.516. The van der Waals surface area contributed by atoms with Gasteiger partial charge in [-0.3, -0.25) is 9.78 Å². The monoisotopic (exact) mass is 318 g/mol. The Morgan fingerprint density at radius 2 is 2.33 bits per heavy atom. The molecule has 0 aromatic carbocycles. The van der Waals surface area contributed by atoms with Crippen LogP contribution in [0.25, 0.3) is 0 Å². The number of hydrogen-bond acceptors (Lipinski definition) is 4. The van der Waals surface area contributed by atoms with E-state index in [0.29, 0.717) is 5.56 Å². The van der Waals surface area contributed by atoms with E-state index in [0.717, 1.165) is 6.20 Å². The smallest absolute Gasteiger partial charge is 0.310 e. The predicted molar refractivity (Wildman–Crippen MR) is 61.9 cm³/mol. The van der Waals surface area contributed by atoms with E-state index in [1.807, 2.05) is 0 Å². The van der Waals surface area contributed by atoms with Gasteiger partial charge in [0.2, 0.25) is 0 Å². The highest BCUT2D eigenvalue weighted by atomic mass is 79.9. The minimum absolute atomic E-state index is 0.125. The fourth-order valence-corrected chi connectivity index (χ4v) is 1.84. The molecule has 1 aromatic rings. The van der Waals surface area contributed by atoms with Crippen LogP contribution in [0.1, 0.15) is 30.2 Å². The Balaban J connectivity index is 3.11. The lowest BCUT2D eigenvalue weighted by Gasteiger charge is -2.08. The maximum absolute atomic E-state index is 12.6. The third kappa shape index (κ3) is 3.23. The van der Waals surface area contributed by atoms with Gasteiger partial charge in [-0.05, 0) is 28.4 Å². The molecule has 0 N–H and O–H groups in total. The number of esters is 1. The Kier molecular flexibility index (Phi) is 5.16. The number of pyridine rings is 1. The third-order valence-corrected chi connectivity index (χ3v) is 2.98. The molecule has 0 aliphatic heterocycles. The predicted octanol–water partition coefficient (Wildman–Crippen LogP) is 2.76. The molecule has 1 aromatic heterocycles. The van der Waals surface area contributed by atoms with Crippen LogP contribution in [0.4, 0.5) is 8.78 Å². The number of ether oxygens (including phenoxy) is 1. The molecule has 0 amide bonds. The molecule has 0 spiro atoms. The van der Waals surface area contributed by atoms with E-state index >= 15 is 0 Å². The van der Waals surface area contributed by atoms with Gasteiger partial charge in [0, 0.05) is 10.7 Å². The van der Waals surface area contributed by atoms with E-state index < -0.39 is 18.1 Å². The molecular weight excluding hydrogens is 310 g/mol. The lowest BCUT2D eigenvalue weighted by Crippen LogP contribution is -2.10. The zero-order chi connectivity index (χ0) is 13.7. The molecule has 0 bridgehead atoms. The van der Waals surface area contributed by atoms with Crippen LogP contribution in [0.5, 0.6) is 0 Å². The summed E-state index contributed by atoms with van der Waals surface area (Å²) in [5.74, 6) is -0.506. The standard InChI is InChI=1S/C11H9BrF2N2O2/c1-2-18-8(17)3-6-5-16-10(11(13)14)7(4-15)9(6)12/h5,11H,2-3H2,1H3. The second kappa shape index (κ2) is 6.40. The van der Waals surface area contributed by atoms with Crippen LogP contribution in [0, 0.1) is 11.3 Å². The van der Waals surface area contributed by atoms with Gasteiger partial charge in [0.25, 0.3) is 6.43 Å². The van der Waals surface area contributed by atoms with Crippen molar-refractivity contribution in [2.24, 2.45) is 0 Å². The topological polar surface area (TPSA) is 63.0 Å². The summed E-state index contributed by atoms with van der Waals surface area (Å²) in [5, 5.41) is 8.84. The van der Waals surface area contributed by atoms with Gasteiger partial charge in [0.15, 0.2) is 0 Å². The minimum atomic E-state index is -2.84. The van der Waals surface area contributed by atoms with E-state index in [2.05, 4.69) is 20.9 Å². The summed E-state index contributed by atoms with van der Waals surface area (Å²) in [4.78, 5) is 14.8.